The maximum Gasteiger partial charge on any atom is 0.227 e. The highest BCUT2D eigenvalue weighted by Gasteiger charge is 2.17. The summed E-state index contributed by atoms with van der Waals surface area (Å²) in [7, 11) is 9.69. The van der Waals surface area contributed by atoms with Gasteiger partial charge in [-0.2, -0.15) is 0 Å². The number of nitrogens with zero attached hydrogens (tertiary/aromatic N) is 5. The van der Waals surface area contributed by atoms with E-state index in [1.54, 1.807) is 13.3 Å². The standard InChI is InChI=1S/C27H32ClN7O2/c1-17(36)30-22-14-18(10-11-23(22)34(4)13-12-33(2)3)31-27-29-15-21(28)25(32-27)20-16-35(5)26-19(20)8-7-9-24(26)37-6/h7-11,14-16H,12-13H2,1-6H3,(H,30,36)(H,29,31,32). The molecule has 0 atom stereocenters. The number of aromatic nitrogens is 3. The van der Waals surface area contributed by atoms with Gasteiger partial charge in [0.25, 0.3) is 0 Å². The van der Waals surface area contributed by atoms with Crippen molar-refractivity contribution in [2.24, 2.45) is 7.05 Å². The van der Waals surface area contributed by atoms with E-state index in [1.807, 2.05) is 75.4 Å². The molecule has 0 saturated carbocycles. The molecule has 0 spiro atoms. The number of halogens is 1. The molecule has 0 radical (unpaired) electrons. The van der Waals surface area contributed by atoms with Gasteiger partial charge in [-0.1, -0.05) is 23.7 Å². The molecule has 1 amide bonds. The fourth-order valence-electron chi connectivity index (χ4n) is 4.24. The largest absolute Gasteiger partial charge is 0.495 e. The lowest BCUT2D eigenvalue weighted by molar-refractivity contribution is -0.114. The van der Waals surface area contributed by atoms with Crippen molar-refractivity contribution >= 4 is 51.4 Å². The van der Waals surface area contributed by atoms with Crippen LogP contribution in [0, 0.1) is 0 Å². The second-order valence-corrected chi connectivity index (χ2v) is 9.57. The number of ether oxygens (including phenoxy) is 1. The summed E-state index contributed by atoms with van der Waals surface area (Å²) in [6.45, 7) is 3.20. The first-order valence-electron chi connectivity index (χ1n) is 11.9. The van der Waals surface area contributed by atoms with E-state index in [9.17, 15) is 4.79 Å². The van der Waals surface area contributed by atoms with Crippen LogP contribution in [0.25, 0.3) is 22.2 Å². The van der Waals surface area contributed by atoms with Crippen LogP contribution in [0.3, 0.4) is 0 Å². The minimum Gasteiger partial charge on any atom is -0.495 e. The van der Waals surface area contributed by atoms with E-state index >= 15 is 0 Å². The van der Waals surface area contributed by atoms with Crippen LogP contribution in [-0.2, 0) is 11.8 Å². The van der Waals surface area contributed by atoms with Gasteiger partial charge in [0, 0.05) is 56.9 Å². The Morgan fingerprint density at radius 2 is 1.95 bits per heavy atom. The van der Waals surface area contributed by atoms with Gasteiger partial charge in [-0.15, -0.1) is 0 Å². The summed E-state index contributed by atoms with van der Waals surface area (Å²) in [5, 5.41) is 7.62. The minimum atomic E-state index is -0.143. The van der Waals surface area contributed by atoms with Crippen molar-refractivity contribution in [2.75, 3.05) is 56.9 Å². The Morgan fingerprint density at radius 1 is 1.16 bits per heavy atom. The molecule has 37 heavy (non-hydrogen) atoms. The molecule has 4 aromatic rings. The Hall–Kier alpha value is -3.82. The fraction of sp³-hybridized carbons (Fsp3) is 0.296. The number of aryl methyl sites for hydroxylation is 1. The van der Waals surface area contributed by atoms with Crippen molar-refractivity contribution in [3.63, 3.8) is 0 Å². The molecule has 0 aliphatic rings. The Labute approximate surface area is 222 Å². The second-order valence-electron chi connectivity index (χ2n) is 9.16. The van der Waals surface area contributed by atoms with Gasteiger partial charge in [-0.3, -0.25) is 4.79 Å². The fourth-order valence-corrected chi connectivity index (χ4v) is 4.43. The molecule has 2 heterocycles. The third kappa shape index (κ3) is 5.79. The van der Waals surface area contributed by atoms with Crippen LogP contribution >= 0.6 is 11.6 Å². The van der Waals surface area contributed by atoms with E-state index in [4.69, 9.17) is 21.3 Å². The predicted molar refractivity (Wildman–Crippen MR) is 151 cm³/mol. The summed E-state index contributed by atoms with van der Waals surface area (Å²) in [5.41, 5.74) is 4.81. The molecule has 194 valence electrons. The average molecular weight is 522 g/mol. The van der Waals surface area contributed by atoms with Gasteiger partial charge in [0.2, 0.25) is 11.9 Å². The van der Waals surface area contributed by atoms with Gasteiger partial charge < -0.3 is 29.7 Å². The van der Waals surface area contributed by atoms with E-state index in [-0.39, 0.29) is 5.91 Å². The number of nitrogens with one attached hydrogen (secondary N) is 2. The zero-order valence-corrected chi connectivity index (χ0v) is 22.7. The van der Waals surface area contributed by atoms with Crippen LogP contribution in [0.2, 0.25) is 5.02 Å². The number of para-hydroxylation sites is 1. The van der Waals surface area contributed by atoms with Gasteiger partial charge in [-0.25, -0.2) is 9.97 Å². The smallest absolute Gasteiger partial charge is 0.227 e. The van der Waals surface area contributed by atoms with Gasteiger partial charge in [-0.05, 0) is 38.4 Å². The highest BCUT2D eigenvalue weighted by molar-refractivity contribution is 6.33. The van der Waals surface area contributed by atoms with Crippen LogP contribution in [0.1, 0.15) is 6.92 Å². The molecule has 4 rings (SSSR count). The van der Waals surface area contributed by atoms with Crippen LogP contribution in [0.4, 0.5) is 23.0 Å². The molecular weight excluding hydrogens is 490 g/mol. The van der Waals surface area contributed by atoms with E-state index in [0.29, 0.717) is 22.4 Å². The number of anilines is 4. The highest BCUT2D eigenvalue weighted by Crippen LogP contribution is 2.37. The quantitative estimate of drug-likeness (QED) is 0.320. The number of carbonyl (C=O) groups is 1. The summed E-state index contributed by atoms with van der Waals surface area (Å²) in [6, 6.07) is 11.7. The predicted octanol–water partition coefficient (Wildman–Crippen LogP) is 5.00. The lowest BCUT2D eigenvalue weighted by atomic mass is 10.1. The van der Waals surface area contributed by atoms with Crippen molar-refractivity contribution in [3.8, 4) is 17.0 Å². The molecule has 9 nitrogen and oxygen atoms in total. The van der Waals surface area contributed by atoms with E-state index in [1.165, 1.54) is 6.92 Å². The number of amides is 1. The van der Waals surface area contributed by atoms with E-state index in [0.717, 1.165) is 46.7 Å². The lowest BCUT2D eigenvalue weighted by Gasteiger charge is -2.24. The van der Waals surface area contributed by atoms with Crippen molar-refractivity contribution in [1.82, 2.24) is 19.4 Å². The third-order valence-corrected chi connectivity index (χ3v) is 6.32. The van der Waals surface area contributed by atoms with Gasteiger partial charge in [0.1, 0.15) is 5.75 Å². The van der Waals surface area contributed by atoms with Crippen LogP contribution < -0.4 is 20.3 Å². The molecule has 0 aliphatic heterocycles. The molecule has 0 bridgehead atoms. The van der Waals surface area contributed by atoms with Gasteiger partial charge in [0.05, 0.1) is 40.9 Å². The maximum atomic E-state index is 11.9. The number of likely N-dealkylation sites (N-methyl/N-ethyl adjacent to an activating group) is 2. The Bertz CT molecular complexity index is 1430. The molecule has 0 unspecified atom stereocenters. The molecular formula is C27H32ClN7O2. The number of hydrogen-bond acceptors (Lipinski definition) is 7. The molecule has 2 aromatic heterocycles. The SMILES string of the molecule is COc1cccc2c(-c3nc(Nc4ccc(N(C)CCN(C)C)c(NC(C)=O)c4)ncc3Cl)cn(C)c12. The van der Waals surface area contributed by atoms with Crippen LogP contribution in [0.15, 0.2) is 48.8 Å². The third-order valence-electron chi connectivity index (χ3n) is 6.04. The first-order chi connectivity index (χ1) is 17.7. The zero-order valence-electron chi connectivity index (χ0n) is 22.0. The highest BCUT2D eigenvalue weighted by atomic mass is 35.5. The summed E-state index contributed by atoms with van der Waals surface area (Å²) in [5.74, 6) is 1.02. The summed E-state index contributed by atoms with van der Waals surface area (Å²) in [6.07, 6.45) is 3.57. The number of benzene rings is 2. The summed E-state index contributed by atoms with van der Waals surface area (Å²) in [4.78, 5) is 25.3. The molecule has 2 aromatic carbocycles. The van der Waals surface area contributed by atoms with Crippen LogP contribution in [0.5, 0.6) is 5.75 Å². The minimum absolute atomic E-state index is 0.143. The van der Waals surface area contributed by atoms with Crippen LogP contribution in [-0.4, -0.2) is 66.7 Å². The average Bonchev–Trinajstić information content (AvgIpc) is 3.20. The molecule has 2 N–H and O–H groups in total. The monoisotopic (exact) mass is 521 g/mol. The first kappa shape index (κ1) is 26.2. The Morgan fingerprint density at radius 3 is 2.65 bits per heavy atom. The maximum absolute atomic E-state index is 11.9. The molecule has 0 aliphatic carbocycles. The lowest BCUT2D eigenvalue weighted by Crippen LogP contribution is -2.29. The number of hydrogen-bond donors (Lipinski definition) is 2. The van der Waals surface area contributed by atoms with Crippen molar-refractivity contribution in [2.45, 2.75) is 6.92 Å². The Kier molecular flexibility index (Phi) is 7.85. The number of methoxy groups -OCH3 is 1. The Balaban J connectivity index is 1.68. The van der Waals surface area contributed by atoms with Crippen molar-refractivity contribution in [3.05, 3.63) is 53.8 Å². The summed E-state index contributed by atoms with van der Waals surface area (Å²) < 4.78 is 7.55. The van der Waals surface area contributed by atoms with Gasteiger partial charge in [0.15, 0.2) is 0 Å². The number of carbonyl (C=O) groups excluding carboxylic acids is 1. The summed E-state index contributed by atoms with van der Waals surface area (Å²) >= 11 is 6.56. The van der Waals surface area contributed by atoms with Crippen molar-refractivity contribution in [1.29, 1.82) is 0 Å². The van der Waals surface area contributed by atoms with E-state index < -0.39 is 0 Å². The second kappa shape index (κ2) is 11.1. The molecule has 0 fully saturated rings. The topological polar surface area (TPSA) is 87.6 Å². The molecule has 0 saturated heterocycles. The van der Waals surface area contributed by atoms with Crippen molar-refractivity contribution < 1.29 is 9.53 Å². The van der Waals surface area contributed by atoms with Gasteiger partial charge >= 0.3 is 0 Å². The first-order valence-corrected chi connectivity index (χ1v) is 12.2. The molecule has 10 heteroatoms. The number of fused-ring (bicyclic) bond motifs is 1. The van der Waals surface area contributed by atoms with E-state index in [2.05, 4.69) is 25.4 Å². The number of rotatable bonds is 9. The zero-order chi connectivity index (χ0) is 26.7. The normalized spacial score (nSPS) is 11.1.